The number of ether oxygens (including phenoxy) is 2. The molecule has 0 aliphatic carbocycles. The van der Waals surface area contributed by atoms with Crippen LogP contribution in [0.3, 0.4) is 0 Å². The summed E-state index contributed by atoms with van der Waals surface area (Å²) in [5.74, 6) is 2.44. The number of aromatic nitrogens is 1. The van der Waals surface area contributed by atoms with Crippen molar-refractivity contribution in [3.63, 3.8) is 0 Å². The first-order valence-electron chi connectivity index (χ1n) is 10.4. The summed E-state index contributed by atoms with van der Waals surface area (Å²) in [6, 6.07) is 7.91. The Bertz CT molecular complexity index is 858. The van der Waals surface area contributed by atoms with Crippen LogP contribution in [-0.4, -0.2) is 49.6 Å². The summed E-state index contributed by atoms with van der Waals surface area (Å²) >= 11 is 0. The topological polar surface area (TPSA) is 54.9 Å². The number of hydrogen-bond acceptors (Lipinski definition) is 5. The summed E-state index contributed by atoms with van der Waals surface area (Å²) in [5, 5.41) is 0. The van der Waals surface area contributed by atoms with Crippen LogP contribution in [0, 0.1) is 0 Å². The highest BCUT2D eigenvalue weighted by atomic mass is 16.5. The molecular weight excluding hydrogens is 366 g/mol. The zero-order valence-electron chi connectivity index (χ0n) is 17.3. The third-order valence-electron chi connectivity index (χ3n) is 5.93. The van der Waals surface area contributed by atoms with Crippen molar-refractivity contribution in [3.8, 4) is 11.5 Å². The van der Waals surface area contributed by atoms with Gasteiger partial charge in [-0.05, 0) is 54.7 Å². The van der Waals surface area contributed by atoms with Crippen molar-refractivity contribution in [1.29, 1.82) is 0 Å². The average molecular weight is 396 g/mol. The normalized spacial score (nSPS) is 16.8. The number of anilines is 1. The molecule has 154 valence electrons. The van der Waals surface area contributed by atoms with E-state index >= 15 is 0 Å². The van der Waals surface area contributed by atoms with Gasteiger partial charge in [0.25, 0.3) is 5.91 Å². The summed E-state index contributed by atoms with van der Waals surface area (Å²) in [7, 11) is 3.28. The minimum Gasteiger partial charge on any atom is -0.493 e. The van der Waals surface area contributed by atoms with Crippen LogP contribution < -0.4 is 14.4 Å². The van der Waals surface area contributed by atoms with Gasteiger partial charge in [0.2, 0.25) is 0 Å². The molecule has 2 aromatic rings. The molecule has 0 atom stereocenters. The van der Waals surface area contributed by atoms with E-state index in [1.165, 1.54) is 31.2 Å². The van der Waals surface area contributed by atoms with Crippen molar-refractivity contribution in [2.75, 3.05) is 38.8 Å². The number of methoxy groups -OCH3 is 2. The van der Waals surface area contributed by atoms with E-state index in [9.17, 15) is 4.79 Å². The number of hydrogen-bond donors (Lipinski definition) is 0. The molecule has 3 heterocycles. The molecule has 0 radical (unpaired) electrons. The minimum absolute atomic E-state index is 0.0281. The van der Waals surface area contributed by atoms with Gasteiger partial charge in [0, 0.05) is 32.4 Å². The van der Waals surface area contributed by atoms with E-state index in [1.807, 2.05) is 29.2 Å². The predicted octanol–water partition coefficient (Wildman–Crippen LogP) is 3.68. The van der Waals surface area contributed by atoms with Crippen molar-refractivity contribution in [3.05, 3.63) is 47.2 Å². The molecule has 0 unspecified atom stereocenters. The maximum Gasteiger partial charge on any atom is 0.255 e. The Hall–Kier alpha value is -2.76. The van der Waals surface area contributed by atoms with Gasteiger partial charge in [0.1, 0.15) is 5.82 Å². The second-order valence-corrected chi connectivity index (χ2v) is 7.76. The van der Waals surface area contributed by atoms with E-state index < -0.39 is 0 Å². The molecular formula is C23H29N3O3. The van der Waals surface area contributed by atoms with Gasteiger partial charge in [-0.3, -0.25) is 4.79 Å². The number of carbonyl (C=O) groups excluding carboxylic acids is 1. The van der Waals surface area contributed by atoms with Gasteiger partial charge in [0.05, 0.1) is 19.8 Å². The quantitative estimate of drug-likeness (QED) is 0.791. The maximum atomic E-state index is 13.0. The van der Waals surface area contributed by atoms with Crippen LogP contribution >= 0.6 is 0 Å². The molecule has 6 nitrogen and oxygen atoms in total. The standard InChI is InChI=1S/C23H29N3O3/c1-28-20-13-17-9-12-26(16-19(17)14-21(20)29-2)23(27)18-7-8-22(24-15-18)25-10-5-3-4-6-11-25/h7-8,13-15H,3-6,9-12,16H2,1-2H3. The van der Waals surface area contributed by atoms with Crippen LogP contribution in [0.2, 0.25) is 0 Å². The molecule has 1 aromatic carbocycles. The fourth-order valence-electron chi connectivity index (χ4n) is 4.24. The number of amides is 1. The van der Waals surface area contributed by atoms with Gasteiger partial charge < -0.3 is 19.3 Å². The monoisotopic (exact) mass is 395 g/mol. The molecule has 29 heavy (non-hydrogen) atoms. The Morgan fingerprint density at radius 1 is 0.931 bits per heavy atom. The van der Waals surface area contributed by atoms with E-state index in [4.69, 9.17) is 9.47 Å². The number of nitrogens with zero attached hydrogens (tertiary/aromatic N) is 3. The SMILES string of the molecule is COc1cc2c(cc1OC)CN(C(=O)c1ccc(N3CCCCCC3)nc1)CC2. The molecule has 1 amide bonds. The first-order valence-corrected chi connectivity index (χ1v) is 10.4. The fourth-order valence-corrected chi connectivity index (χ4v) is 4.24. The van der Waals surface area contributed by atoms with Gasteiger partial charge in [-0.15, -0.1) is 0 Å². The lowest BCUT2D eigenvalue weighted by Crippen LogP contribution is -2.36. The Morgan fingerprint density at radius 3 is 2.24 bits per heavy atom. The first-order chi connectivity index (χ1) is 14.2. The molecule has 0 spiro atoms. The van der Waals surface area contributed by atoms with Crippen LogP contribution in [0.25, 0.3) is 0 Å². The van der Waals surface area contributed by atoms with Crippen LogP contribution in [0.5, 0.6) is 11.5 Å². The smallest absolute Gasteiger partial charge is 0.255 e. The average Bonchev–Trinajstić information content (AvgIpc) is 3.07. The number of rotatable bonds is 4. The summed E-state index contributed by atoms with van der Waals surface area (Å²) in [6.45, 7) is 3.36. The zero-order valence-corrected chi connectivity index (χ0v) is 17.3. The van der Waals surface area contributed by atoms with Crippen molar-refractivity contribution in [2.45, 2.75) is 38.6 Å². The third-order valence-corrected chi connectivity index (χ3v) is 5.93. The Labute approximate surface area is 172 Å². The Kier molecular flexibility index (Phi) is 5.88. The van der Waals surface area contributed by atoms with Crippen molar-refractivity contribution in [2.24, 2.45) is 0 Å². The van der Waals surface area contributed by atoms with Gasteiger partial charge in [-0.2, -0.15) is 0 Å². The fraction of sp³-hybridized carbons (Fsp3) is 0.478. The van der Waals surface area contributed by atoms with Crippen molar-refractivity contribution >= 4 is 11.7 Å². The van der Waals surface area contributed by atoms with Gasteiger partial charge >= 0.3 is 0 Å². The lowest BCUT2D eigenvalue weighted by molar-refractivity contribution is 0.0734. The van der Waals surface area contributed by atoms with Crippen LogP contribution in [0.1, 0.15) is 47.2 Å². The number of carbonyl (C=O) groups is 1. The van der Waals surface area contributed by atoms with Crippen LogP contribution in [-0.2, 0) is 13.0 Å². The number of fused-ring (bicyclic) bond motifs is 1. The number of pyridine rings is 1. The van der Waals surface area contributed by atoms with E-state index in [1.54, 1.807) is 20.4 Å². The summed E-state index contributed by atoms with van der Waals surface area (Å²) in [6.07, 6.45) is 7.54. The largest absolute Gasteiger partial charge is 0.493 e. The molecule has 0 bridgehead atoms. The highest BCUT2D eigenvalue weighted by Gasteiger charge is 2.24. The molecule has 1 fully saturated rings. The van der Waals surface area contributed by atoms with Gasteiger partial charge in [0.15, 0.2) is 11.5 Å². The molecule has 6 heteroatoms. The van der Waals surface area contributed by atoms with E-state index in [2.05, 4.69) is 9.88 Å². The summed E-state index contributed by atoms with van der Waals surface area (Å²) in [4.78, 5) is 21.9. The van der Waals surface area contributed by atoms with Gasteiger partial charge in [-0.25, -0.2) is 4.98 Å². The lowest BCUT2D eigenvalue weighted by atomic mass is 9.98. The molecule has 1 saturated heterocycles. The van der Waals surface area contributed by atoms with E-state index in [-0.39, 0.29) is 5.91 Å². The third kappa shape index (κ3) is 4.16. The molecule has 4 rings (SSSR count). The van der Waals surface area contributed by atoms with E-state index in [0.29, 0.717) is 24.4 Å². The van der Waals surface area contributed by atoms with Crippen molar-refractivity contribution < 1.29 is 14.3 Å². The predicted molar refractivity (Wildman–Crippen MR) is 113 cm³/mol. The van der Waals surface area contributed by atoms with Gasteiger partial charge in [-0.1, -0.05) is 12.8 Å². The van der Waals surface area contributed by atoms with Crippen LogP contribution in [0.15, 0.2) is 30.5 Å². The van der Waals surface area contributed by atoms with Crippen LogP contribution in [0.4, 0.5) is 5.82 Å². The first kappa shape index (κ1) is 19.6. The maximum absolute atomic E-state index is 13.0. The van der Waals surface area contributed by atoms with E-state index in [0.717, 1.165) is 36.6 Å². The lowest BCUT2D eigenvalue weighted by Gasteiger charge is -2.30. The minimum atomic E-state index is 0.0281. The zero-order chi connectivity index (χ0) is 20.2. The Morgan fingerprint density at radius 2 is 1.62 bits per heavy atom. The Balaban J connectivity index is 1.47. The molecule has 0 saturated carbocycles. The number of benzene rings is 1. The highest BCUT2D eigenvalue weighted by Crippen LogP contribution is 2.33. The molecule has 1 aromatic heterocycles. The molecule has 2 aliphatic heterocycles. The summed E-state index contributed by atoms with van der Waals surface area (Å²) < 4.78 is 10.8. The molecule has 0 N–H and O–H groups in total. The van der Waals surface area contributed by atoms with Crippen molar-refractivity contribution in [1.82, 2.24) is 9.88 Å². The second kappa shape index (κ2) is 8.72. The highest BCUT2D eigenvalue weighted by molar-refractivity contribution is 5.94. The summed E-state index contributed by atoms with van der Waals surface area (Å²) in [5.41, 5.74) is 2.96. The second-order valence-electron chi connectivity index (χ2n) is 7.76. The molecule has 2 aliphatic rings.